The Morgan fingerprint density at radius 1 is 1.09 bits per heavy atom. The van der Waals surface area contributed by atoms with Crippen LogP contribution in [0, 0.1) is 0 Å². The van der Waals surface area contributed by atoms with Crippen LogP contribution in [0.4, 0.5) is 0 Å². The first-order chi connectivity index (χ1) is 10.5. The molecule has 1 fully saturated rings. The van der Waals surface area contributed by atoms with E-state index < -0.39 is 11.8 Å². The van der Waals surface area contributed by atoms with Crippen LogP contribution in [0.5, 0.6) is 0 Å². The fraction of sp³-hybridized carbons (Fsp3) is 0.529. The lowest BCUT2D eigenvalue weighted by Crippen LogP contribution is -2.49. The highest BCUT2D eigenvalue weighted by Gasteiger charge is 2.29. The Hall–Kier alpha value is -1.88. The first-order valence-corrected chi connectivity index (χ1v) is 7.73. The summed E-state index contributed by atoms with van der Waals surface area (Å²) in [7, 11) is 5.50. The molecule has 0 spiro atoms. The second-order valence-electron chi connectivity index (χ2n) is 6.10. The summed E-state index contributed by atoms with van der Waals surface area (Å²) >= 11 is 0. The summed E-state index contributed by atoms with van der Waals surface area (Å²) in [6.07, 6.45) is 1.85. The quantitative estimate of drug-likeness (QED) is 0.788. The fourth-order valence-electron chi connectivity index (χ4n) is 2.79. The minimum absolute atomic E-state index is 0.165. The van der Waals surface area contributed by atoms with E-state index in [1.54, 1.807) is 19.0 Å². The largest absolute Gasteiger partial charge is 0.334 e. The van der Waals surface area contributed by atoms with Crippen molar-refractivity contribution in [3.63, 3.8) is 0 Å². The molecule has 120 valence electrons. The van der Waals surface area contributed by atoms with Crippen molar-refractivity contribution < 1.29 is 9.59 Å². The Balaban J connectivity index is 1.91. The van der Waals surface area contributed by atoms with E-state index >= 15 is 0 Å². The van der Waals surface area contributed by atoms with E-state index in [9.17, 15) is 9.59 Å². The molecule has 5 heteroatoms. The zero-order chi connectivity index (χ0) is 16.1. The van der Waals surface area contributed by atoms with Crippen LogP contribution in [0.15, 0.2) is 30.3 Å². The van der Waals surface area contributed by atoms with Gasteiger partial charge in [-0.3, -0.25) is 9.59 Å². The monoisotopic (exact) mass is 303 g/mol. The number of carbonyl (C=O) groups excluding carboxylic acids is 2. The highest BCUT2D eigenvalue weighted by atomic mass is 16.2. The zero-order valence-corrected chi connectivity index (χ0v) is 13.7. The van der Waals surface area contributed by atoms with Gasteiger partial charge in [-0.25, -0.2) is 0 Å². The van der Waals surface area contributed by atoms with Crippen molar-refractivity contribution in [3.05, 3.63) is 35.9 Å². The molecule has 1 aromatic carbocycles. The lowest BCUT2D eigenvalue weighted by molar-refractivity contribution is -0.152. The van der Waals surface area contributed by atoms with Gasteiger partial charge in [-0.2, -0.15) is 0 Å². The predicted molar refractivity (Wildman–Crippen MR) is 86.2 cm³/mol. The summed E-state index contributed by atoms with van der Waals surface area (Å²) in [5, 5.41) is 0. The van der Waals surface area contributed by atoms with Gasteiger partial charge in [0.1, 0.15) is 0 Å². The lowest BCUT2D eigenvalue weighted by atomic mass is 10.0. The Bertz CT molecular complexity index is 510. The van der Waals surface area contributed by atoms with Gasteiger partial charge in [0.25, 0.3) is 0 Å². The number of hydrogen-bond acceptors (Lipinski definition) is 3. The molecule has 1 aliphatic heterocycles. The van der Waals surface area contributed by atoms with Crippen LogP contribution in [0.2, 0.25) is 0 Å². The van der Waals surface area contributed by atoms with Crippen LogP contribution in [-0.4, -0.2) is 66.8 Å². The number of amides is 2. The highest BCUT2D eigenvalue weighted by Crippen LogP contribution is 2.15. The molecule has 1 aliphatic rings. The van der Waals surface area contributed by atoms with E-state index in [0.717, 1.165) is 31.5 Å². The number of likely N-dealkylation sites (N-methyl/N-ethyl adjacent to an activating group) is 2. The summed E-state index contributed by atoms with van der Waals surface area (Å²) in [6, 6.07) is 9.87. The summed E-state index contributed by atoms with van der Waals surface area (Å²) in [6.45, 7) is 2.39. The van der Waals surface area contributed by atoms with Crippen LogP contribution in [0.3, 0.4) is 0 Å². The van der Waals surface area contributed by atoms with Crippen molar-refractivity contribution in [1.82, 2.24) is 14.7 Å². The third-order valence-corrected chi connectivity index (χ3v) is 4.35. The van der Waals surface area contributed by atoms with E-state index in [1.807, 2.05) is 30.3 Å². The van der Waals surface area contributed by atoms with Crippen molar-refractivity contribution >= 4 is 11.8 Å². The topological polar surface area (TPSA) is 43.9 Å². The molecule has 2 rings (SSSR count). The number of likely N-dealkylation sites (tertiary alicyclic amines) is 1. The van der Waals surface area contributed by atoms with E-state index in [2.05, 4.69) is 11.9 Å². The van der Waals surface area contributed by atoms with Crippen molar-refractivity contribution in [1.29, 1.82) is 0 Å². The van der Waals surface area contributed by atoms with E-state index in [-0.39, 0.29) is 6.04 Å². The molecule has 1 aromatic rings. The molecule has 5 nitrogen and oxygen atoms in total. The zero-order valence-electron chi connectivity index (χ0n) is 13.7. The minimum Gasteiger partial charge on any atom is -0.334 e. The molecule has 2 amide bonds. The Labute approximate surface area is 132 Å². The van der Waals surface area contributed by atoms with Crippen LogP contribution < -0.4 is 0 Å². The maximum atomic E-state index is 12.4. The summed E-state index contributed by atoms with van der Waals surface area (Å²) in [5.41, 5.74) is 1.02. The van der Waals surface area contributed by atoms with Crippen LogP contribution >= 0.6 is 0 Å². The number of benzene rings is 1. The number of piperidine rings is 1. The molecule has 0 unspecified atom stereocenters. The third kappa shape index (κ3) is 4.07. The van der Waals surface area contributed by atoms with Gasteiger partial charge in [0, 0.05) is 26.7 Å². The molecule has 1 heterocycles. The van der Waals surface area contributed by atoms with Gasteiger partial charge in [-0.1, -0.05) is 30.3 Å². The number of carbonyl (C=O) groups is 2. The standard InChI is InChI=1S/C17H25N3O2/c1-18-11-9-15(10-12-18)20(3)17(22)16(21)19(2)13-14-7-5-4-6-8-14/h4-8,15H,9-13H2,1-3H3. The first-order valence-electron chi connectivity index (χ1n) is 7.73. The maximum Gasteiger partial charge on any atom is 0.312 e. The van der Waals surface area contributed by atoms with Crippen molar-refractivity contribution in [2.75, 3.05) is 34.2 Å². The maximum absolute atomic E-state index is 12.4. The van der Waals surface area contributed by atoms with Gasteiger partial charge in [0.15, 0.2) is 0 Å². The molecule has 1 saturated heterocycles. The van der Waals surface area contributed by atoms with E-state index in [1.165, 1.54) is 4.90 Å². The van der Waals surface area contributed by atoms with Crippen LogP contribution in [0.1, 0.15) is 18.4 Å². The molecular weight excluding hydrogens is 278 g/mol. The average Bonchev–Trinajstić information content (AvgIpc) is 2.54. The Morgan fingerprint density at radius 3 is 2.27 bits per heavy atom. The molecule has 22 heavy (non-hydrogen) atoms. The molecule has 0 atom stereocenters. The predicted octanol–water partition coefficient (Wildman–Crippen LogP) is 1.20. The number of rotatable bonds is 3. The molecule has 0 N–H and O–H groups in total. The number of nitrogens with zero attached hydrogens (tertiary/aromatic N) is 3. The smallest absolute Gasteiger partial charge is 0.312 e. The van der Waals surface area contributed by atoms with Gasteiger partial charge >= 0.3 is 11.8 Å². The van der Waals surface area contributed by atoms with Gasteiger partial charge in [0.05, 0.1) is 0 Å². The normalized spacial score (nSPS) is 16.3. The summed E-state index contributed by atoms with van der Waals surface area (Å²) < 4.78 is 0. The van der Waals surface area contributed by atoms with Crippen LogP contribution in [0.25, 0.3) is 0 Å². The molecular formula is C17H25N3O2. The van der Waals surface area contributed by atoms with E-state index in [0.29, 0.717) is 6.54 Å². The minimum atomic E-state index is -0.440. The van der Waals surface area contributed by atoms with Gasteiger partial charge in [-0.05, 0) is 38.5 Å². The SMILES string of the molecule is CN1CCC(N(C)C(=O)C(=O)N(C)Cc2ccccc2)CC1. The molecule has 0 radical (unpaired) electrons. The molecule has 0 aromatic heterocycles. The van der Waals surface area contributed by atoms with Crippen LogP contribution in [-0.2, 0) is 16.1 Å². The van der Waals surface area contributed by atoms with Gasteiger partial charge in [-0.15, -0.1) is 0 Å². The molecule has 0 aliphatic carbocycles. The second kappa shape index (κ2) is 7.40. The number of hydrogen-bond donors (Lipinski definition) is 0. The lowest BCUT2D eigenvalue weighted by Gasteiger charge is -2.35. The summed E-state index contributed by atoms with van der Waals surface area (Å²) in [4.78, 5) is 30.1. The Morgan fingerprint density at radius 2 is 1.68 bits per heavy atom. The van der Waals surface area contributed by atoms with E-state index in [4.69, 9.17) is 0 Å². The highest BCUT2D eigenvalue weighted by molar-refractivity contribution is 6.34. The van der Waals surface area contributed by atoms with Gasteiger partial charge in [0.2, 0.25) is 0 Å². The Kier molecular flexibility index (Phi) is 5.55. The average molecular weight is 303 g/mol. The summed E-state index contributed by atoms with van der Waals surface area (Å²) in [5.74, 6) is -0.849. The van der Waals surface area contributed by atoms with Crippen molar-refractivity contribution in [2.45, 2.75) is 25.4 Å². The molecule has 0 bridgehead atoms. The second-order valence-corrected chi connectivity index (χ2v) is 6.10. The van der Waals surface area contributed by atoms with Crippen molar-refractivity contribution in [3.8, 4) is 0 Å². The van der Waals surface area contributed by atoms with Gasteiger partial charge < -0.3 is 14.7 Å². The van der Waals surface area contributed by atoms with Crippen molar-refractivity contribution in [2.24, 2.45) is 0 Å². The fourth-order valence-corrected chi connectivity index (χ4v) is 2.79. The first kappa shape index (κ1) is 16.5. The third-order valence-electron chi connectivity index (χ3n) is 4.35. The molecule has 0 saturated carbocycles.